The molecule has 0 amide bonds. The molecule has 0 aliphatic heterocycles. The first-order valence-corrected chi connectivity index (χ1v) is 5.45. The van der Waals surface area contributed by atoms with E-state index in [9.17, 15) is 8.42 Å². The molecule has 0 bridgehead atoms. The van der Waals surface area contributed by atoms with Crippen LogP contribution in [0.15, 0.2) is 12.7 Å². The molecular formula is C8H17NaO3S. The van der Waals surface area contributed by atoms with Crippen LogP contribution in [-0.4, -0.2) is 49.3 Å². The molecule has 0 radical (unpaired) electrons. The first-order valence-electron chi connectivity index (χ1n) is 3.87. The monoisotopic (exact) mass is 216 g/mol. The van der Waals surface area contributed by atoms with Crippen molar-refractivity contribution in [2.75, 3.05) is 5.75 Å². The Bertz CT molecular complexity index is 244. The molecule has 0 rings (SSSR count). The zero-order valence-electron chi connectivity index (χ0n) is 7.83. The van der Waals surface area contributed by atoms with Gasteiger partial charge in [0.25, 0.3) is 10.1 Å². The van der Waals surface area contributed by atoms with E-state index in [0.717, 1.165) is 0 Å². The van der Waals surface area contributed by atoms with Crippen LogP contribution in [0.4, 0.5) is 0 Å². The third kappa shape index (κ3) is 7.70. The van der Waals surface area contributed by atoms with Crippen LogP contribution in [0.1, 0.15) is 27.2 Å². The van der Waals surface area contributed by atoms with Gasteiger partial charge in [-0.15, -0.1) is 6.58 Å². The summed E-state index contributed by atoms with van der Waals surface area (Å²) < 4.78 is 27.0. The SMILES string of the molecule is C=CCC(C)(C)OS(=O)(=O)CC.[NaH]. The van der Waals surface area contributed by atoms with Gasteiger partial charge < -0.3 is 0 Å². The molecule has 0 N–H and O–H groups in total. The third-order valence-electron chi connectivity index (χ3n) is 1.34. The van der Waals surface area contributed by atoms with Crippen LogP contribution < -0.4 is 0 Å². The van der Waals surface area contributed by atoms with Gasteiger partial charge in [0.1, 0.15) is 0 Å². The predicted octanol–water partition coefficient (Wildman–Crippen LogP) is 1.06. The first-order chi connectivity index (χ1) is 5.33. The minimum atomic E-state index is -3.35. The van der Waals surface area contributed by atoms with Crippen LogP contribution in [-0.2, 0) is 14.3 Å². The number of hydrogen-bond donors (Lipinski definition) is 0. The van der Waals surface area contributed by atoms with Gasteiger partial charge in [-0.2, -0.15) is 8.42 Å². The summed E-state index contributed by atoms with van der Waals surface area (Å²) in [4.78, 5) is 0. The van der Waals surface area contributed by atoms with Crippen LogP contribution in [0, 0.1) is 0 Å². The van der Waals surface area contributed by atoms with Crippen molar-refractivity contribution < 1.29 is 12.6 Å². The summed E-state index contributed by atoms with van der Waals surface area (Å²) in [6.07, 6.45) is 2.16. The summed E-state index contributed by atoms with van der Waals surface area (Å²) in [6.45, 7) is 8.53. The second-order valence-electron chi connectivity index (χ2n) is 3.18. The van der Waals surface area contributed by atoms with E-state index in [1.165, 1.54) is 0 Å². The standard InChI is InChI=1S/C8H16O3S.Na.H/c1-5-7-8(3,4)11-12(9,10)6-2;;/h5H,1,6-7H2,2-4H3;;. The summed E-state index contributed by atoms with van der Waals surface area (Å²) in [5.74, 6) is 0.00751. The van der Waals surface area contributed by atoms with Gasteiger partial charge in [-0.1, -0.05) is 6.08 Å². The Morgan fingerprint density at radius 3 is 2.23 bits per heavy atom. The zero-order chi connectivity index (χ0) is 9.83. The molecule has 0 aromatic carbocycles. The Morgan fingerprint density at radius 2 is 1.92 bits per heavy atom. The van der Waals surface area contributed by atoms with Crippen LogP contribution in [0.25, 0.3) is 0 Å². The van der Waals surface area contributed by atoms with E-state index >= 15 is 0 Å². The molecule has 74 valence electrons. The van der Waals surface area contributed by atoms with E-state index in [1.807, 2.05) is 0 Å². The fraction of sp³-hybridized carbons (Fsp3) is 0.750. The van der Waals surface area contributed by atoms with Crippen molar-refractivity contribution in [3.8, 4) is 0 Å². The Labute approximate surface area is 103 Å². The summed E-state index contributed by atoms with van der Waals surface area (Å²) in [5.41, 5.74) is -0.670. The third-order valence-corrected chi connectivity index (χ3v) is 2.75. The van der Waals surface area contributed by atoms with Crippen molar-refractivity contribution in [1.29, 1.82) is 0 Å². The molecule has 0 aromatic rings. The molecule has 0 heterocycles. The molecule has 0 aliphatic carbocycles. The molecular weight excluding hydrogens is 199 g/mol. The van der Waals surface area contributed by atoms with Crippen molar-refractivity contribution in [3.05, 3.63) is 12.7 Å². The van der Waals surface area contributed by atoms with Gasteiger partial charge in [-0.05, 0) is 27.2 Å². The maximum absolute atomic E-state index is 11.0. The topological polar surface area (TPSA) is 43.4 Å². The molecule has 3 nitrogen and oxygen atoms in total. The summed E-state index contributed by atoms with van der Waals surface area (Å²) >= 11 is 0. The van der Waals surface area contributed by atoms with E-state index in [2.05, 4.69) is 6.58 Å². The Hall–Kier alpha value is 0.650. The van der Waals surface area contributed by atoms with Gasteiger partial charge in [0.15, 0.2) is 0 Å². The molecule has 5 heteroatoms. The van der Waals surface area contributed by atoms with E-state index < -0.39 is 15.7 Å². The van der Waals surface area contributed by atoms with E-state index in [1.54, 1.807) is 26.8 Å². The molecule has 0 saturated heterocycles. The van der Waals surface area contributed by atoms with Crippen LogP contribution in [0.2, 0.25) is 0 Å². The van der Waals surface area contributed by atoms with Crippen LogP contribution in [0.3, 0.4) is 0 Å². The molecule has 0 unspecified atom stereocenters. The van der Waals surface area contributed by atoms with Crippen LogP contribution >= 0.6 is 0 Å². The average Bonchev–Trinajstić information content (AvgIpc) is 1.85. The van der Waals surface area contributed by atoms with Crippen molar-refractivity contribution in [3.63, 3.8) is 0 Å². The second-order valence-corrected chi connectivity index (χ2v) is 5.04. The molecule has 0 aromatic heterocycles. The van der Waals surface area contributed by atoms with E-state index in [4.69, 9.17) is 4.18 Å². The average molecular weight is 216 g/mol. The van der Waals surface area contributed by atoms with Crippen LogP contribution in [0.5, 0.6) is 0 Å². The molecule has 0 saturated carbocycles. The van der Waals surface area contributed by atoms with Gasteiger partial charge in [0.2, 0.25) is 0 Å². The van der Waals surface area contributed by atoms with E-state index in [0.29, 0.717) is 6.42 Å². The molecule has 0 fully saturated rings. The van der Waals surface area contributed by atoms with Gasteiger partial charge in [-0.25, -0.2) is 0 Å². The van der Waals surface area contributed by atoms with Gasteiger partial charge in [0, 0.05) is 0 Å². The van der Waals surface area contributed by atoms with Crippen molar-refractivity contribution in [2.45, 2.75) is 32.8 Å². The Morgan fingerprint density at radius 1 is 1.46 bits per heavy atom. The molecule has 0 spiro atoms. The first kappa shape index (κ1) is 16.1. The quantitative estimate of drug-likeness (QED) is 0.392. The summed E-state index contributed by atoms with van der Waals surface area (Å²) in [5, 5.41) is 0. The summed E-state index contributed by atoms with van der Waals surface area (Å²) in [7, 11) is -3.35. The van der Waals surface area contributed by atoms with Crippen molar-refractivity contribution in [1.82, 2.24) is 0 Å². The number of hydrogen-bond acceptors (Lipinski definition) is 3. The summed E-state index contributed by atoms with van der Waals surface area (Å²) in [6, 6.07) is 0. The molecule has 13 heavy (non-hydrogen) atoms. The van der Waals surface area contributed by atoms with E-state index in [-0.39, 0.29) is 35.3 Å². The van der Waals surface area contributed by atoms with Crippen molar-refractivity contribution in [2.24, 2.45) is 0 Å². The zero-order valence-corrected chi connectivity index (χ0v) is 8.65. The minimum absolute atomic E-state index is 0. The Balaban J connectivity index is 0. The fourth-order valence-corrected chi connectivity index (χ4v) is 1.66. The second kappa shape index (κ2) is 6.19. The Kier molecular flexibility index (Phi) is 7.67. The van der Waals surface area contributed by atoms with Gasteiger partial charge >= 0.3 is 29.6 Å². The van der Waals surface area contributed by atoms with Crippen molar-refractivity contribution >= 4 is 39.7 Å². The van der Waals surface area contributed by atoms with Gasteiger partial charge in [0.05, 0.1) is 11.4 Å². The molecule has 0 atom stereocenters. The fourth-order valence-electron chi connectivity index (χ4n) is 0.784. The number of rotatable bonds is 5. The predicted molar refractivity (Wildman–Crippen MR) is 56.6 cm³/mol. The van der Waals surface area contributed by atoms with Gasteiger partial charge in [-0.3, -0.25) is 4.18 Å². The maximum atomic E-state index is 11.0. The molecule has 0 aliphatic rings. The normalized spacial score (nSPS) is 11.9.